The van der Waals surface area contributed by atoms with Gasteiger partial charge in [-0.1, -0.05) is 0 Å². The maximum absolute atomic E-state index is 7.50. The molecule has 0 aliphatic carbocycles. The quantitative estimate of drug-likeness (QED) is 0.474. The Kier molecular flexibility index (Phi) is 50.9. The standard InChI is InChI=1S/C6H5.C5H5.3CO.W/c1-2-4-6-5-3-1;1-2-4-5-3-1;3*1-2;/h1-5H;1-5H;;;;/q2*-1;;;;. The van der Waals surface area contributed by atoms with Crippen LogP contribution in [-0.4, -0.2) is 0 Å². The topological polar surface area (TPSA) is 59.7 Å². The van der Waals surface area contributed by atoms with Gasteiger partial charge < -0.3 is 0 Å². The van der Waals surface area contributed by atoms with Crippen molar-refractivity contribution in [1.82, 2.24) is 0 Å². The molecule has 0 N–H and O–H groups in total. The molecule has 0 saturated heterocycles. The van der Waals surface area contributed by atoms with Gasteiger partial charge in [-0.2, -0.15) is 54.6 Å². The van der Waals surface area contributed by atoms with Gasteiger partial charge in [0.25, 0.3) is 0 Å². The van der Waals surface area contributed by atoms with Crippen LogP contribution >= 0.6 is 0 Å². The Balaban J connectivity index is -0.0000000750. The third-order valence-corrected chi connectivity index (χ3v) is 1.16. The second kappa shape index (κ2) is 36.1. The molecule has 0 heterocycles. The molecule has 0 amide bonds. The van der Waals surface area contributed by atoms with E-state index >= 15 is 0 Å². The van der Waals surface area contributed by atoms with Crippen molar-refractivity contribution in [3.8, 4) is 0 Å². The van der Waals surface area contributed by atoms with Crippen LogP contribution in [0.1, 0.15) is 0 Å². The maximum atomic E-state index is 7.50. The van der Waals surface area contributed by atoms with Gasteiger partial charge in [0, 0.05) is 21.1 Å². The minimum atomic E-state index is 0. The number of benzene rings is 1. The van der Waals surface area contributed by atoms with Crippen LogP contribution in [0.5, 0.6) is 0 Å². The summed E-state index contributed by atoms with van der Waals surface area (Å²) in [5.41, 5.74) is 0. The third kappa shape index (κ3) is 29.3. The molecule has 3 nitrogen and oxygen atoms in total. The summed E-state index contributed by atoms with van der Waals surface area (Å²) in [6, 6.07) is 22.5. The minimum Gasteiger partial charge on any atom is -0.214 e. The Labute approximate surface area is 122 Å². The van der Waals surface area contributed by atoms with E-state index in [1.165, 1.54) is 0 Å². The normalized spacial score (nSPS) is 5.22. The Morgan fingerprint density at radius 3 is 1.17 bits per heavy atom. The van der Waals surface area contributed by atoms with E-state index in [4.69, 9.17) is 14.0 Å². The predicted octanol–water partition coefficient (Wildman–Crippen LogP) is 2.78. The van der Waals surface area contributed by atoms with Crippen molar-refractivity contribution in [3.05, 3.63) is 86.7 Å². The number of hydrogen-bond acceptors (Lipinski definition) is 0. The summed E-state index contributed by atoms with van der Waals surface area (Å²) < 4.78 is 22.5. The molecule has 92 valence electrons. The van der Waals surface area contributed by atoms with Gasteiger partial charge in [-0.05, 0) is 0 Å². The van der Waals surface area contributed by atoms with E-state index in [2.05, 4.69) is 26.0 Å². The van der Waals surface area contributed by atoms with E-state index in [0.29, 0.717) is 0 Å². The Bertz CT molecular complexity index is 291. The van der Waals surface area contributed by atoms with Crippen molar-refractivity contribution in [2.75, 3.05) is 0 Å². The first kappa shape index (κ1) is 25.4. The first-order chi connectivity index (χ1) is 8.50. The van der Waals surface area contributed by atoms with Gasteiger partial charge in [-0.25, -0.2) is 12.1 Å². The summed E-state index contributed by atoms with van der Waals surface area (Å²) in [5.74, 6) is 0. The van der Waals surface area contributed by atoms with Crippen LogP contribution in [0.3, 0.4) is 0 Å². The van der Waals surface area contributed by atoms with Crippen molar-refractivity contribution >= 4 is 0 Å². The van der Waals surface area contributed by atoms with Crippen molar-refractivity contribution in [2.24, 2.45) is 0 Å². The zero-order chi connectivity index (χ0) is 13.8. The SMILES string of the molecule is [C-]#[O+].[C-]#[O+].[C-]#[O+].[W].[c-]1ccccc1.c1cc[cH-]c1. The largest absolute Gasteiger partial charge is 0.214 e. The van der Waals surface area contributed by atoms with Crippen LogP contribution < -0.4 is 0 Å². The molecule has 0 spiro atoms. The second-order valence-electron chi connectivity index (χ2n) is 2.04. The van der Waals surface area contributed by atoms with E-state index in [1.54, 1.807) is 0 Å². The van der Waals surface area contributed by atoms with E-state index in [9.17, 15) is 0 Å². The number of rotatable bonds is 0. The van der Waals surface area contributed by atoms with Crippen molar-refractivity contribution in [2.45, 2.75) is 0 Å². The molecular formula is C14H10O3W-2. The first-order valence-corrected chi connectivity index (χ1v) is 4.19. The molecular weight excluding hydrogens is 400 g/mol. The fourth-order valence-electron chi connectivity index (χ4n) is 0.663. The molecule has 0 unspecified atom stereocenters. The van der Waals surface area contributed by atoms with Crippen molar-refractivity contribution < 1.29 is 35.0 Å². The van der Waals surface area contributed by atoms with Gasteiger partial charge in [0.2, 0.25) is 0 Å². The Hall–Kier alpha value is -1.52. The maximum Gasteiger partial charge on any atom is 0 e. The van der Waals surface area contributed by atoms with E-state index < -0.39 is 0 Å². The molecule has 0 aromatic heterocycles. The molecule has 0 saturated carbocycles. The Morgan fingerprint density at radius 2 is 1.06 bits per heavy atom. The monoisotopic (exact) mass is 410 g/mol. The summed E-state index contributed by atoms with van der Waals surface area (Å²) in [5, 5.41) is 0. The van der Waals surface area contributed by atoms with Crippen LogP contribution in [0.25, 0.3) is 0 Å². The fourth-order valence-corrected chi connectivity index (χ4v) is 0.663. The van der Waals surface area contributed by atoms with Gasteiger partial charge >= 0.3 is 33.9 Å². The molecule has 18 heavy (non-hydrogen) atoms. The molecule has 0 aliphatic rings. The van der Waals surface area contributed by atoms with E-state index in [0.717, 1.165) is 0 Å². The van der Waals surface area contributed by atoms with Gasteiger partial charge in [0.15, 0.2) is 0 Å². The smallest absolute Gasteiger partial charge is 0 e. The fraction of sp³-hybridized carbons (Fsp3) is 0. The van der Waals surface area contributed by atoms with E-state index in [-0.39, 0.29) is 21.1 Å². The van der Waals surface area contributed by atoms with Crippen LogP contribution in [0.4, 0.5) is 0 Å². The average Bonchev–Trinajstić information content (AvgIpc) is 3.07. The zero-order valence-corrected chi connectivity index (χ0v) is 12.3. The second-order valence-corrected chi connectivity index (χ2v) is 2.04. The molecule has 2 rings (SSSR count). The van der Waals surface area contributed by atoms with Crippen LogP contribution in [0, 0.1) is 26.0 Å². The van der Waals surface area contributed by atoms with Gasteiger partial charge in [0.1, 0.15) is 0 Å². The summed E-state index contributed by atoms with van der Waals surface area (Å²) in [7, 11) is 0. The van der Waals surface area contributed by atoms with Gasteiger partial charge in [0.05, 0.1) is 0 Å². The summed E-state index contributed by atoms with van der Waals surface area (Å²) >= 11 is 0. The molecule has 0 bridgehead atoms. The first-order valence-electron chi connectivity index (χ1n) is 4.19. The molecule has 4 heteroatoms. The number of hydrogen-bond donors (Lipinski definition) is 0. The van der Waals surface area contributed by atoms with Crippen LogP contribution in [-0.2, 0) is 35.0 Å². The molecule has 0 radical (unpaired) electrons. The minimum absolute atomic E-state index is 0. The Morgan fingerprint density at radius 1 is 0.667 bits per heavy atom. The predicted molar refractivity (Wildman–Crippen MR) is 59.1 cm³/mol. The van der Waals surface area contributed by atoms with Crippen molar-refractivity contribution in [1.29, 1.82) is 0 Å². The van der Waals surface area contributed by atoms with Crippen LogP contribution in [0.2, 0.25) is 0 Å². The molecule has 2 aromatic carbocycles. The van der Waals surface area contributed by atoms with Gasteiger partial charge in [-0.15, -0.1) is 0 Å². The molecule has 0 aliphatic heterocycles. The molecule has 0 atom stereocenters. The molecule has 0 fully saturated rings. The summed E-state index contributed by atoms with van der Waals surface area (Å²) in [4.78, 5) is 0. The van der Waals surface area contributed by atoms with Gasteiger partial charge in [-0.3, -0.25) is 0 Å². The van der Waals surface area contributed by atoms with Crippen LogP contribution in [0.15, 0.2) is 60.7 Å². The summed E-state index contributed by atoms with van der Waals surface area (Å²) in [6.07, 6.45) is 0. The molecule has 2 aromatic rings. The van der Waals surface area contributed by atoms with E-state index in [1.807, 2.05) is 60.7 Å². The van der Waals surface area contributed by atoms with Crippen molar-refractivity contribution in [3.63, 3.8) is 0 Å². The summed E-state index contributed by atoms with van der Waals surface area (Å²) in [6.45, 7) is 13.5. The zero-order valence-electron chi connectivity index (χ0n) is 9.41. The third-order valence-electron chi connectivity index (χ3n) is 1.16. The average molecular weight is 410 g/mol.